The maximum atomic E-state index is 11.0. The Balaban J connectivity index is 2.29. The van der Waals surface area contributed by atoms with Crippen LogP contribution in [0.1, 0.15) is 22.9 Å². The van der Waals surface area contributed by atoms with Crippen molar-refractivity contribution in [2.24, 2.45) is 0 Å². The molecule has 19 heavy (non-hydrogen) atoms. The molecule has 0 spiro atoms. The van der Waals surface area contributed by atoms with Gasteiger partial charge in [0.2, 0.25) is 0 Å². The smallest absolute Gasteiger partial charge is 0.293 e. The average molecular weight is 258 g/mol. The first kappa shape index (κ1) is 13.2. The molecular formula is C14H14N2O3. The Hall–Kier alpha value is -2.27. The van der Waals surface area contributed by atoms with Gasteiger partial charge >= 0.3 is 0 Å². The molecule has 2 aromatic rings. The van der Waals surface area contributed by atoms with Crippen molar-refractivity contribution < 1.29 is 10.0 Å². The van der Waals surface area contributed by atoms with Crippen LogP contribution in [-0.2, 0) is 6.42 Å². The highest BCUT2D eigenvalue weighted by Crippen LogP contribution is 2.25. The van der Waals surface area contributed by atoms with Crippen molar-refractivity contribution in [2.75, 3.05) is 0 Å². The molecule has 1 heterocycles. The molecule has 0 aliphatic rings. The second-order valence-corrected chi connectivity index (χ2v) is 4.31. The minimum absolute atomic E-state index is 0.0162. The summed E-state index contributed by atoms with van der Waals surface area (Å²) >= 11 is 0. The van der Waals surface area contributed by atoms with E-state index in [9.17, 15) is 15.2 Å². The molecule has 0 radical (unpaired) electrons. The van der Waals surface area contributed by atoms with Gasteiger partial charge in [-0.25, -0.2) is 0 Å². The summed E-state index contributed by atoms with van der Waals surface area (Å²) in [6, 6.07) is 10.6. The molecule has 0 aliphatic carbocycles. The van der Waals surface area contributed by atoms with E-state index in [1.54, 1.807) is 25.1 Å². The summed E-state index contributed by atoms with van der Waals surface area (Å²) in [5.74, 6) is 0. The topological polar surface area (TPSA) is 76.3 Å². The number of benzene rings is 1. The molecule has 5 nitrogen and oxygen atoms in total. The van der Waals surface area contributed by atoms with Gasteiger partial charge in [-0.2, -0.15) is 0 Å². The number of aliphatic hydroxyl groups excluding tert-OH is 1. The zero-order chi connectivity index (χ0) is 13.8. The molecule has 1 aromatic carbocycles. The number of nitrogens with zero attached hydrogens (tertiary/aromatic N) is 2. The van der Waals surface area contributed by atoms with Crippen LogP contribution >= 0.6 is 0 Å². The van der Waals surface area contributed by atoms with Gasteiger partial charge in [0.1, 0.15) is 5.69 Å². The molecule has 1 aromatic heterocycles. The van der Waals surface area contributed by atoms with E-state index in [-0.39, 0.29) is 12.1 Å². The summed E-state index contributed by atoms with van der Waals surface area (Å²) in [4.78, 5) is 14.6. The van der Waals surface area contributed by atoms with Crippen LogP contribution in [0.15, 0.2) is 42.6 Å². The van der Waals surface area contributed by atoms with E-state index in [0.29, 0.717) is 11.3 Å². The second kappa shape index (κ2) is 5.58. The molecule has 0 saturated heterocycles. The highest BCUT2D eigenvalue weighted by atomic mass is 16.6. The van der Waals surface area contributed by atoms with Crippen LogP contribution in [0, 0.1) is 17.0 Å². The SMILES string of the molecule is Cc1ccnc(CC(O)c2ccccc2)c1[N+](=O)[O-]. The number of nitro groups is 1. The predicted molar refractivity (Wildman–Crippen MR) is 70.7 cm³/mol. The van der Waals surface area contributed by atoms with Gasteiger partial charge in [0.15, 0.2) is 0 Å². The van der Waals surface area contributed by atoms with Crippen LogP contribution < -0.4 is 0 Å². The lowest BCUT2D eigenvalue weighted by Crippen LogP contribution is -2.07. The number of aromatic nitrogens is 1. The Morgan fingerprint density at radius 3 is 2.63 bits per heavy atom. The van der Waals surface area contributed by atoms with E-state index in [1.807, 2.05) is 18.2 Å². The zero-order valence-electron chi connectivity index (χ0n) is 10.5. The normalized spacial score (nSPS) is 12.1. The predicted octanol–water partition coefficient (Wildman–Crippen LogP) is 2.57. The number of hydrogen-bond acceptors (Lipinski definition) is 4. The molecule has 0 amide bonds. The molecule has 98 valence electrons. The van der Waals surface area contributed by atoms with Gasteiger partial charge in [-0.1, -0.05) is 30.3 Å². The Morgan fingerprint density at radius 2 is 2.00 bits per heavy atom. The van der Waals surface area contributed by atoms with Gasteiger partial charge < -0.3 is 5.11 Å². The summed E-state index contributed by atoms with van der Waals surface area (Å²) in [6.45, 7) is 1.66. The van der Waals surface area contributed by atoms with E-state index in [1.165, 1.54) is 6.20 Å². The van der Waals surface area contributed by atoms with Crippen LogP contribution in [0.25, 0.3) is 0 Å². The van der Waals surface area contributed by atoms with E-state index >= 15 is 0 Å². The first-order chi connectivity index (χ1) is 9.09. The van der Waals surface area contributed by atoms with Crippen molar-refractivity contribution in [1.29, 1.82) is 0 Å². The fraction of sp³-hybridized carbons (Fsp3) is 0.214. The molecule has 0 aliphatic heterocycles. The average Bonchev–Trinajstić information content (AvgIpc) is 2.39. The maximum absolute atomic E-state index is 11.0. The van der Waals surface area contributed by atoms with E-state index in [4.69, 9.17) is 0 Å². The minimum Gasteiger partial charge on any atom is -0.388 e. The fourth-order valence-corrected chi connectivity index (χ4v) is 1.98. The number of aliphatic hydroxyl groups is 1. The van der Waals surface area contributed by atoms with Gasteiger partial charge in [-0.05, 0) is 18.6 Å². The van der Waals surface area contributed by atoms with Crippen molar-refractivity contribution in [3.05, 3.63) is 69.5 Å². The van der Waals surface area contributed by atoms with E-state index in [2.05, 4.69) is 4.98 Å². The van der Waals surface area contributed by atoms with Crippen molar-refractivity contribution in [3.63, 3.8) is 0 Å². The Kier molecular flexibility index (Phi) is 3.87. The monoisotopic (exact) mass is 258 g/mol. The fourth-order valence-electron chi connectivity index (χ4n) is 1.98. The third-order valence-electron chi connectivity index (χ3n) is 2.96. The Bertz CT molecular complexity index is 584. The summed E-state index contributed by atoms with van der Waals surface area (Å²) in [5.41, 5.74) is 1.56. The van der Waals surface area contributed by atoms with Gasteiger partial charge in [-0.15, -0.1) is 0 Å². The largest absolute Gasteiger partial charge is 0.388 e. The second-order valence-electron chi connectivity index (χ2n) is 4.31. The van der Waals surface area contributed by atoms with E-state index in [0.717, 1.165) is 5.56 Å². The molecule has 0 bridgehead atoms. The van der Waals surface area contributed by atoms with Crippen molar-refractivity contribution >= 4 is 5.69 Å². The Labute approximate surface area is 110 Å². The molecule has 5 heteroatoms. The highest BCUT2D eigenvalue weighted by molar-refractivity contribution is 5.43. The molecule has 0 saturated carbocycles. The van der Waals surface area contributed by atoms with Gasteiger partial charge in [-0.3, -0.25) is 15.1 Å². The van der Waals surface area contributed by atoms with E-state index < -0.39 is 11.0 Å². The maximum Gasteiger partial charge on any atom is 0.293 e. The van der Waals surface area contributed by atoms with Crippen LogP contribution in [0.3, 0.4) is 0 Å². The summed E-state index contributed by atoms with van der Waals surface area (Å²) < 4.78 is 0. The summed E-state index contributed by atoms with van der Waals surface area (Å²) in [6.07, 6.45) is 0.853. The van der Waals surface area contributed by atoms with Crippen LogP contribution in [0.5, 0.6) is 0 Å². The quantitative estimate of drug-likeness (QED) is 0.675. The van der Waals surface area contributed by atoms with Crippen molar-refractivity contribution in [1.82, 2.24) is 4.98 Å². The summed E-state index contributed by atoms with van der Waals surface area (Å²) in [5, 5.41) is 21.2. The molecule has 0 fully saturated rings. The highest BCUT2D eigenvalue weighted by Gasteiger charge is 2.21. The van der Waals surface area contributed by atoms with Gasteiger partial charge in [0.25, 0.3) is 5.69 Å². The molecular weight excluding hydrogens is 244 g/mol. The van der Waals surface area contributed by atoms with Gasteiger partial charge in [0, 0.05) is 18.2 Å². The minimum atomic E-state index is -0.797. The summed E-state index contributed by atoms with van der Waals surface area (Å²) in [7, 11) is 0. The zero-order valence-corrected chi connectivity index (χ0v) is 10.5. The third kappa shape index (κ3) is 2.95. The lowest BCUT2D eigenvalue weighted by atomic mass is 10.0. The van der Waals surface area contributed by atoms with Crippen LogP contribution in [0.4, 0.5) is 5.69 Å². The number of hydrogen-bond donors (Lipinski definition) is 1. The van der Waals surface area contributed by atoms with Crippen molar-refractivity contribution in [3.8, 4) is 0 Å². The molecule has 2 rings (SSSR count). The van der Waals surface area contributed by atoms with Crippen molar-refractivity contribution in [2.45, 2.75) is 19.4 Å². The van der Waals surface area contributed by atoms with Crippen LogP contribution in [-0.4, -0.2) is 15.0 Å². The molecule has 1 N–H and O–H groups in total. The van der Waals surface area contributed by atoms with Crippen LogP contribution in [0.2, 0.25) is 0 Å². The lowest BCUT2D eigenvalue weighted by molar-refractivity contribution is -0.386. The first-order valence-corrected chi connectivity index (χ1v) is 5.91. The third-order valence-corrected chi connectivity index (χ3v) is 2.96. The standard InChI is InChI=1S/C14H14N2O3/c1-10-7-8-15-12(14(10)16(18)19)9-13(17)11-5-3-2-4-6-11/h2-8,13,17H,9H2,1H3. The molecule has 1 atom stereocenters. The lowest BCUT2D eigenvalue weighted by Gasteiger charge is -2.11. The number of rotatable bonds is 4. The number of aryl methyl sites for hydroxylation is 1. The Morgan fingerprint density at radius 1 is 1.32 bits per heavy atom. The molecule has 1 unspecified atom stereocenters. The van der Waals surface area contributed by atoms with Gasteiger partial charge in [0.05, 0.1) is 11.0 Å². The first-order valence-electron chi connectivity index (χ1n) is 5.91. The number of pyridine rings is 1.